The molecule has 0 amide bonds. The molecule has 2 heterocycles. The molecule has 1 N–H and O–H groups in total. The van der Waals surface area contributed by atoms with E-state index in [0.29, 0.717) is 5.69 Å². The Labute approximate surface area is 98.9 Å². The van der Waals surface area contributed by atoms with E-state index in [1.54, 1.807) is 11.3 Å². The fraction of sp³-hybridized carbons (Fsp3) is 0.636. The number of rotatable bonds is 3. The molecule has 16 heavy (non-hydrogen) atoms. The number of carbonyl (C=O) groups is 1. The quantitative estimate of drug-likeness (QED) is 0.878. The molecule has 88 valence electrons. The molecule has 1 aromatic rings. The van der Waals surface area contributed by atoms with Gasteiger partial charge in [0, 0.05) is 18.5 Å². The summed E-state index contributed by atoms with van der Waals surface area (Å²) in [5, 5.41) is 11.5. The van der Waals surface area contributed by atoms with Crippen molar-refractivity contribution in [2.24, 2.45) is 5.92 Å². The van der Waals surface area contributed by atoms with Crippen molar-refractivity contribution in [2.45, 2.75) is 26.2 Å². The van der Waals surface area contributed by atoms with Gasteiger partial charge in [-0.1, -0.05) is 6.92 Å². The normalized spacial score (nSPS) is 17.7. The molecule has 1 saturated heterocycles. The summed E-state index contributed by atoms with van der Waals surface area (Å²) in [5.41, 5.74) is 0.672. The van der Waals surface area contributed by atoms with Gasteiger partial charge in [-0.25, -0.2) is 4.98 Å². The van der Waals surface area contributed by atoms with Crippen LogP contribution >= 0.6 is 11.3 Å². The molecule has 0 atom stereocenters. The lowest BCUT2D eigenvalue weighted by molar-refractivity contribution is -0.136. The average molecular weight is 240 g/mol. The standard InChI is InChI=1S/C11H16N2O2S/c1-8-2-4-13(5-3-8)11-12-9(7-16-11)6-10(14)15/h7-8H,2-6H2,1H3,(H,14,15). The molecule has 5 heteroatoms. The number of carboxylic acid groups (broad SMARTS) is 1. The van der Waals surface area contributed by atoms with Gasteiger partial charge in [-0.15, -0.1) is 11.3 Å². The summed E-state index contributed by atoms with van der Waals surface area (Å²) in [5.74, 6) is -0.0150. The summed E-state index contributed by atoms with van der Waals surface area (Å²) in [7, 11) is 0. The Hall–Kier alpha value is -1.10. The number of carboxylic acids is 1. The molecule has 0 aliphatic carbocycles. The van der Waals surface area contributed by atoms with Gasteiger partial charge in [-0.2, -0.15) is 0 Å². The van der Waals surface area contributed by atoms with Crippen LogP contribution in [-0.4, -0.2) is 29.1 Å². The molecule has 0 saturated carbocycles. The molecule has 1 fully saturated rings. The first-order valence-electron chi connectivity index (χ1n) is 5.56. The molecule has 1 aliphatic heterocycles. The number of hydrogen-bond donors (Lipinski definition) is 1. The Balaban J connectivity index is 1.99. The highest BCUT2D eigenvalue weighted by Gasteiger charge is 2.18. The average Bonchev–Trinajstić information content (AvgIpc) is 2.66. The highest BCUT2D eigenvalue weighted by Crippen LogP contribution is 2.26. The van der Waals surface area contributed by atoms with Gasteiger partial charge in [-0.3, -0.25) is 4.79 Å². The fourth-order valence-corrected chi connectivity index (χ4v) is 2.76. The second-order valence-corrected chi connectivity index (χ2v) is 5.20. The van der Waals surface area contributed by atoms with Crippen molar-refractivity contribution in [3.8, 4) is 0 Å². The van der Waals surface area contributed by atoms with Gasteiger partial charge in [0.25, 0.3) is 0 Å². The van der Waals surface area contributed by atoms with Gasteiger partial charge in [0.15, 0.2) is 5.13 Å². The zero-order valence-electron chi connectivity index (χ0n) is 9.35. The summed E-state index contributed by atoms with van der Waals surface area (Å²) >= 11 is 1.55. The Morgan fingerprint density at radius 3 is 2.94 bits per heavy atom. The largest absolute Gasteiger partial charge is 0.481 e. The van der Waals surface area contributed by atoms with Crippen LogP contribution < -0.4 is 4.90 Å². The molecular formula is C11H16N2O2S. The predicted molar refractivity (Wildman–Crippen MR) is 64.1 cm³/mol. The van der Waals surface area contributed by atoms with Crippen molar-refractivity contribution in [2.75, 3.05) is 18.0 Å². The van der Waals surface area contributed by atoms with Gasteiger partial charge in [0.1, 0.15) is 0 Å². The van der Waals surface area contributed by atoms with Crippen molar-refractivity contribution < 1.29 is 9.90 Å². The molecule has 0 spiro atoms. The molecule has 0 radical (unpaired) electrons. The van der Waals surface area contributed by atoms with E-state index in [-0.39, 0.29) is 6.42 Å². The van der Waals surface area contributed by atoms with Gasteiger partial charge in [-0.05, 0) is 18.8 Å². The molecule has 1 aromatic heterocycles. The van der Waals surface area contributed by atoms with E-state index in [1.165, 1.54) is 12.8 Å². The van der Waals surface area contributed by atoms with Crippen LogP contribution in [0.25, 0.3) is 0 Å². The lowest BCUT2D eigenvalue weighted by atomic mass is 10.00. The first-order valence-corrected chi connectivity index (χ1v) is 6.44. The Morgan fingerprint density at radius 2 is 2.31 bits per heavy atom. The van der Waals surface area contributed by atoms with Crippen LogP contribution in [0.5, 0.6) is 0 Å². The third kappa shape index (κ3) is 2.72. The molecule has 0 unspecified atom stereocenters. The van der Waals surface area contributed by atoms with Crippen molar-refractivity contribution in [1.82, 2.24) is 4.98 Å². The van der Waals surface area contributed by atoms with E-state index in [1.807, 2.05) is 5.38 Å². The number of aromatic nitrogens is 1. The monoisotopic (exact) mass is 240 g/mol. The van der Waals surface area contributed by atoms with Crippen molar-refractivity contribution >= 4 is 22.4 Å². The van der Waals surface area contributed by atoms with Crippen LogP contribution in [0.4, 0.5) is 5.13 Å². The summed E-state index contributed by atoms with van der Waals surface area (Å²) < 4.78 is 0. The lowest BCUT2D eigenvalue weighted by Gasteiger charge is -2.29. The summed E-state index contributed by atoms with van der Waals surface area (Å²) in [4.78, 5) is 17.2. The van der Waals surface area contributed by atoms with Gasteiger partial charge >= 0.3 is 5.97 Å². The zero-order chi connectivity index (χ0) is 11.5. The second-order valence-electron chi connectivity index (χ2n) is 4.36. The molecule has 0 bridgehead atoms. The highest BCUT2D eigenvalue weighted by molar-refractivity contribution is 7.13. The predicted octanol–water partition coefficient (Wildman–Crippen LogP) is 2.01. The third-order valence-electron chi connectivity index (χ3n) is 2.93. The maximum absolute atomic E-state index is 10.5. The fourth-order valence-electron chi connectivity index (χ4n) is 1.88. The summed E-state index contributed by atoms with van der Waals surface area (Å²) in [6.45, 7) is 4.36. The zero-order valence-corrected chi connectivity index (χ0v) is 10.2. The minimum atomic E-state index is -0.816. The molecule has 1 aliphatic rings. The van der Waals surface area contributed by atoms with Gasteiger partial charge < -0.3 is 10.0 Å². The Morgan fingerprint density at radius 1 is 1.62 bits per heavy atom. The first-order chi connectivity index (χ1) is 7.65. The first kappa shape index (κ1) is 11.4. The third-order valence-corrected chi connectivity index (χ3v) is 3.88. The van der Waals surface area contributed by atoms with E-state index in [9.17, 15) is 4.79 Å². The summed E-state index contributed by atoms with van der Waals surface area (Å²) in [6, 6.07) is 0. The van der Waals surface area contributed by atoms with Crippen LogP contribution in [0.15, 0.2) is 5.38 Å². The van der Waals surface area contributed by atoms with Crippen LogP contribution in [-0.2, 0) is 11.2 Å². The molecule has 0 aromatic carbocycles. The van der Waals surface area contributed by atoms with E-state index < -0.39 is 5.97 Å². The van der Waals surface area contributed by atoms with Crippen molar-refractivity contribution in [3.63, 3.8) is 0 Å². The number of anilines is 1. The Kier molecular flexibility index (Phi) is 3.43. The maximum Gasteiger partial charge on any atom is 0.309 e. The van der Waals surface area contributed by atoms with Gasteiger partial charge in [0.05, 0.1) is 12.1 Å². The Bertz CT molecular complexity index is 370. The highest BCUT2D eigenvalue weighted by atomic mass is 32.1. The molecular weight excluding hydrogens is 224 g/mol. The maximum atomic E-state index is 10.5. The number of thiazole rings is 1. The van der Waals surface area contributed by atoms with E-state index in [0.717, 1.165) is 24.1 Å². The van der Waals surface area contributed by atoms with E-state index >= 15 is 0 Å². The van der Waals surface area contributed by atoms with Gasteiger partial charge in [0.2, 0.25) is 0 Å². The molecule has 2 rings (SSSR count). The van der Waals surface area contributed by atoms with Crippen LogP contribution in [0, 0.1) is 5.92 Å². The second kappa shape index (κ2) is 4.82. The van der Waals surface area contributed by atoms with E-state index in [4.69, 9.17) is 5.11 Å². The number of piperidine rings is 1. The smallest absolute Gasteiger partial charge is 0.309 e. The minimum absolute atomic E-state index is 0.0285. The number of hydrogen-bond acceptors (Lipinski definition) is 4. The lowest BCUT2D eigenvalue weighted by Crippen LogP contribution is -2.32. The summed E-state index contributed by atoms with van der Waals surface area (Å²) in [6.07, 6.45) is 2.43. The van der Waals surface area contributed by atoms with E-state index in [2.05, 4.69) is 16.8 Å². The number of aliphatic carboxylic acids is 1. The number of nitrogens with zero attached hydrogens (tertiary/aromatic N) is 2. The van der Waals surface area contributed by atoms with Crippen LogP contribution in [0.2, 0.25) is 0 Å². The SMILES string of the molecule is CC1CCN(c2nc(CC(=O)O)cs2)CC1. The van der Waals surface area contributed by atoms with Crippen LogP contribution in [0.3, 0.4) is 0 Å². The van der Waals surface area contributed by atoms with Crippen molar-refractivity contribution in [3.05, 3.63) is 11.1 Å². The van der Waals surface area contributed by atoms with Crippen molar-refractivity contribution in [1.29, 1.82) is 0 Å². The molecule has 4 nitrogen and oxygen atoms in total. The minimum Gasteiger partial charge on any atom is -0.481 e. The topological polar surface area (TPSA) is 53.4 Å². The van der Waals surface area contributed by atoms with Crippen LogP contribution in [0.1, 0.15) is 25.5 Å².